The quantitative estimate of drug-likeness (QED) is 0.343. The number of benzene rings is 2. The van der Waals surface area contributed by atoms with Crippen LogP contribution in [0.3, 0.4) is 0 Å². The summed E-state index contributed by atoms with van der Waals surface area (Å²) in [6.07, 6.45) is -1.81. The van der Waals surface area contributed by atoms with Crippen molar-refractivity contribution in [2.45, 2.75) is 63.0 Å². The molecule has 2 fully saturated rings. The van der Waals surface area contributed by atoms with E-state index in [0.29, 0.717) is 12.3 Å². The summed E-state index contributed by atoms with van der Waals surface area (Å²) in [5.41, 5.74) is 1.33. The molecule has 0 aromatic heterocycles. The number of aliphatic hydroxyl groups is 1. The highest BCUT2D eigenvalue weighted by atomic mass is 32.2. The minimum atomic E-state index is -4.01. The first-order valence-corrected chi connectivity index (χ1v) is 15.3. The second kappa shape index (κ2) is 13.8. The smallest absolute Gasteiger partial charge is 0.407 e. The van der Waals surface area contributed by atoms with Crippen LogP contribution in [0.15, 0.2) is 59.5 Å². The standard InChI is InChI=1S/C29H39N3O8S/c1-19(2)16-32(41(36,37)23-11-9-22(10-12-23)30-20(3)33)17-26(34)25(15-21-7-5-4-6-8-21)31-29(35)40-27-18-39-28-24(27)13-14-38-28/h4-12,19,24-28,34H,13-18H2,1-3H3,(H,30,33)(H,31,35)/t24-,25-,26+,27-,28+/m0/s1. The SMILES string of the molecule is CC(=O)Nc1ccc(S(=O)(=O)N(CC(C)C)C[C@@H](O)[C@H](Cc2ccccc2)NC(=O)O[C@H]2CO[C@H]3OCC[C@H]32)cc1. The molecule has 41 heavy (non-hydrogen) atoms. The summed E-state index contributed by atoms with van der Waals surface area (Å²) in [6, 6.07) is 14.3. The van der Waals surface area contributed by atoms with Crippen molar-refractivity contribution in [2.24, 2.45) is 11.8 Å². The Morgan fingerprint density at radius 3 is 2.44 bits per heavy atom. The lowest BCUT2D eigenvalue weighted by atomic mass is 10.0. The van der Waals surface area contributed by atoms with Crippen LogP contribution in [0.5, 0.6) is 0 Å². The zero-order valence-corrected chi connectivity index (χ0v) is 24.4. The number of nitrogens with zero attached hydrogens (tertiary/aromatic N) is 1. The molecule has 11 nitrogen and oxygen atoms in total. The summed E-state index contributed by atoms with van der Waals surface area (Å²) in [5.74, 6) is -0.343. The van der Waals surface area contributed by atoms with Crippen LogP contribution < -0.4 is 10.6 Å². The molecule has 224 valence electrons. The van der Waals surface area contributed by atoms with E-state index in [4.69, 9.17) is 14.2 Å². The van der Waals surface area contributed by atoms with Crippen molar-refractivity contribution < 1.29 is 37.3 Å². The Morgan fingerprint density at radius 1 is 1.07 bits per heavy atom. The Morgan fingerprint density at radius 2 is 1.78 bits per heavy atom. The van der Waals surface area contributed by atoms with E-state index in [9.17, 15) is 23.1 Å². The molecular formula is C29H39N3O8S. The molecule has 0 saturated carbocycles. The molecule has 12 heteroatoms. The summed E-state index contributed by atoms with van der Waals surface area (Å²) in [4.78, 5) is 24.4. The second-order valence-corrected chi connectivity index (χ2v) is 12.8. The van der Waals surface area contributed by atoms with E-state index in [2.05, 4.69) is 10.6 Å². The highest BCUT2D eigenvalue weighted by molar-refractivity contribution is 7.89. The van der Waals surface area contributed by atoms with Gasteiger partial charge < -0.3 is 30.0 Å². The van der Waals surface area contributed by atoms with Crippen LogP contribution in [0.1, 0.15) is 32.8 Å². The number of anilines is 1. The van der Waals surface area contributed by atoms with Crippen molar-refractivity contribution in [1.29, 1.82) is 0 Å². The molecule has 0 unspecified atom stereocenters. The van der Waals surface area contributed by atoms with Crippen molar-refractivity contribution in [3.63, 3.8) is 0 Å². The number of carbonyl (C=O) groups excluding carboxylic acids is 2. The first kappa shape index (κ1) is 30.9. The molecule has 0 spiro atoms. The fourth-order valence-electron chi connectivity index (χ4n) is 5.10. The first-order chi connectivity index (χ1) is 19.5. The topological polar surface area (TPSA) is 144 Å². The third-order valence-electron chi connectivity index (χ3n) is 7.08. The van der Waals surface area contributed by atoms with Crippen LogP contribution in [-0.4, -0.2) is 80.7 Å². The highest BCUT2D eigenvalue weighted by Crippen LogP contribution is 2.33. The largest absolute Gasteiger partial charge is 0.443 e. The maximum atomic E-state index is 13.7. The fourth-order valence-corrected chi connectivity index (χ4v) is 6.72. The lowest BCUT2D eigenvalue weighted by Crippen LogP contribution is -2.51. The van der Waals surface area contributed by atoms with Crippen molar-refractivity contribution in [3.05, 3.63) is 60.2 Å². The average Bonchev–Trinajstić information content (AvgIpc) is 3.53. The molecule has 0 aliphatic carbocycles. The zero-order chi connectivity index (χ0) is 29.6. The molecule has 2 aromatic rings. The predicted octanol–water partition coefficient (Wildman–Crippen LogP) is 2.75. The molecule has 2 heterocycles. The summed E-state index contributed by atoms with van der Waals surface area (Å²) in [5, 5.41) is 16.8. The van der Waals surface area contributed by atoms with E-state index < -0.39 is 34.4 Å². The number of amides is 2. The number of carbonyl (C=O) groups is 2. The molecule has 2 aliphatic rings. The van der Waals surface area contributed by atoms with Crippen molar-refractivity contribution in [1.82, 2.24) is 9.62 Å². The van der Waals surface area contributed by atoms with Gasteiger partial charge in [-0.3, -0.25) is 4.79 Å². The Hall–Kier alpha value is -3.03. The van der Waals surface area contributed by atoms with Gasteiger partial charge in [0.25, 0.3) is 0 Å². The molecule has 4 rings (SSSR count). The van der Waals surface area contributed by atoms with Gasteiger partial charge in [-0.25, -0.2) is 13.2 Å². The van der Waals surface area contributed by atoms with Gasteiger partial charge in [-0.2, -0.15) is 4.31 Å². The van der Waals surface area contributed by atoms with Crippen LogP contribution in [0.2, 0.25) is 0 Å². The van der Waals surface area contributed by atoms with Crippen LogP contribution in [-0.2, 0) is 35.4 Å². The van der Waals surface area contributed by atoms with Gasteiger partial charge >= 0.3 is 6.09 Å². The maximum absolute atomic E-state index is 13.7. The first-order valence-electron chi connectivity index (χ1n) is 13.8. The molecule has 2 aliphatic heterocycles. The number of hydrogen-bond donors (Lipinski definition) is 3. The maximum Gasteiger partial charge on any atom is 0.407 e. The predicted molar refractivity (Wildman–Crippen MR) is 151 cm³/mol. The molecule has 2 amide bonds. The van der Waals surface area contributed by atoms with E-state index in [-0.39, 0.29) is 55.0 Å². The molecule has 2 aromatic carbocycles. The van der Waals surface area contributed by atoms with Gasteiger partial charge in [-0.05, 0) is 48.6 Å². The lowest BCUT2D eigenvalue weighted by molar-refractivity contribution is -0.114. The monoisotopic (exact) mass is 589 g/mol. The van der Waals surface area contributed by atoms with Crippen LogP contribution >= 0.6 is 0 Å². The number of nitrogens with one attached hydrogen (secondary N) is 2. The fraction of sp³-hybridized carbons (Fsp3) is 0.517. The summed E-state index contributed by atoms with van der Waals surface area (Å²) in [7, 11) is -4.01. The van der Waals surface area contributed by atoms with E-state index in [0.717, 1.165) is 12.0 Å². The number of sulfonamides is 1. The van der Waals surface area contributed by atoms with Gasteiger partial charge in [-0.1, -0.05) is 44.2 Å². The van der Waals surface area contributed by atoms with Gasteiger partial charge in [0, 0.05) is 25.7 Å². The van der Waals surface area contributed by atoms with E-state index in [1.165, 1.54) is 35.5 Å². The Kier molecular flexibility index (Phi) is 10.4. The summed E-state index contributed by atoms with van der Waals surface area (Å²) >= 11 is 0. The van der Waals surface area contributed by atoms with Gasteiger partial charge in [0.05, 0.1) is 36.2 Å². The van der Waals surface area contributed by atoms with Gasteiger partial charge in [0.1, 0.15) is 6.10 Å². The zero-order valence-electron chi connectivity index (χ0n) is 23.6. The van der Waals surface area contributed by atoms with Crippen molar-refractivity contribution in [2.75, 3.05) is 31.6 Å². The Labute approximate surface area is 241 Å². The lowest BCUT2D eigenvalue weighted by Gasteiger charge is -2.31. The highest BCUT2D eigenvalue weighted by Gasteiger charge is 2.44. The summed E-state index contributed by atoms with van der Waals surface area (Å²) in [6.45, 7) is 5.81. The molecule has 2 saturated heterocycles. The number of rotatable bonds is 12. The number of aliphatic hydroxyl groups excluding tert-OH is 1. The van der Waals surface area contributed by atoms with Crippen LogP contribution in [0, 0.1) is 11.8 Å². The number of fused-ring (bicyclic) bond motifs is 1. The number of alkyl carbamates (subject to hydrolysis) is 1. The van der Waals surface area contributed by atoms with Gasteiger partial charge in [0.2, 0.25) is 15.9 Å². The molecule has 0 bridgehead atoms. The van der Waals surface area contributed by atoms with E-state index in [1.54, 1.807) is 0 Å². The minimum absolute atomic E-state index is 0.0287. The molecule has 3 N–H and O–H groups in total. The Balaban J connectivity index is 1.51. The molecular weight excluding hydrogens is 550 g/mol. The third kappa shape index (κ3) is 8.26. The normalized spacial score (nSPS) is 21.9. The number of hydrogen-bond acceptors (Lipinski definition) is 8. The van der Waals surface area contributed by atoms with E-state index >= 15 is 0 Å². The summed E-state index contributed by atoms with van der Waals surface area (Å²) < 4.78 is 45.3. The van der Waals surface area contributed by atoms with Crippen LogP contribution in [0.25, 0.3) is 0 Å². The number of ether oxygens (including phenoxy) is 3. The van der Waals surface area contributed by atoms with Gasteiger partial charge in [-0.15, -0.1) is 0 Å². The molecule has 0 radical (unpaired) electrons. The van der Waals surface area contributed by atoms with Crippen molar-refractivity contribution in [3.8, 4) is 0 Å². The van der Waals surface area contributed by atoms with E-state index in [1.807, 2.05) is 44.2 Å². The minimum Gasteiger partial charge on any atom is -0.443 e. The van der Waals surface area contributed by atoms with Crippen LogP contribution in [0.4, 0.5) is 10.5 Å². The third-order valence-corrected chi connectivity index (χ3v) is 8.93. The Bertz CT molecular complexity index is 1270. The van der Waals surface area contributed by atoms with Gasteiger partial charge in [0.15, 0.2) is 6.29 Å². The molecule has 5 atom stereocenters. The van der Waals surface area contributed by atoms with Crippen molar-refractivity contribution >= 4 is 27.7 Å². The average molecular weight is 590 g/mol. The second-order valence-electron chi connectivity index (χ2n) is 10.9.